The van der Waals surface area contributed by atoms with Gasteiger partial charge in [0.1, 0.15) is 0 Å². The van der Waals surface area contributed by atoms with Crippen LogP contribution in [0.25, 0.3) is 0 Å². The van der Waals surface area contributed by atoms with E-state index in [1.807, 2.05) is 0 Å². The first kappa shape index (κ1) is 14.8. The summed E-state index contributed by atoms with van der Waals surface area (Å²) in [4.78, 5) is 34.1. The molecule has 4 N–H and O–H groups in total. The van der Waals surface area contributed by atoms with E-state index in [1.165, 1.54) is 19.3 Å². The van der Waals surface area contributed by atoms with Crippen molar-refractivity contribution < 1.29 is 14.4 Å². The summed E-state index contributed by atoms with van der Waals surface area (Å²) in [5, 5.41) is 5.18. The van der Waals surface area contributed by atoms with Crippen LogP contribution in [0.2, 0.25) is 0 Å². The molecule has 2 rings (SSSR count). The summed E-state index contributed by atoms with van der Waals surface area (Å²) in [5.74, 6) is 0.256. The fraction of sp³-hybridized carbons (Fsp3) is 0.786. The molecule has 0 spiro atoms. The van der Waals surface area contributed by atoms with Gasteiger partial charge in [-0.05, 0) is 44.4 Å². The second-order valence-electron chi connectivity index (χ2n) is 5.97. The van der Waals surface area contributed by atoms with Crippen molar-refractivity contribution in [2.45, 2.75) is 57.4 Å². The molecule has 0 aromatic carbocycles. The van der Waals surface area contributed by atoms with Crippen LogP contribution in [0.1, 0.15) is 51.4 Å². The second kappa shape index (κ2) is 6.72. The van der Waals surface area contributed by atoms with Crippen LogP contribution in [0, 0.1) is 11.8 Å². The SMILES string of the molecule is NC(=O)NC(=O)C1CCC(NC(=O)CC2CCC2)CC1. The zero-order chi connectivity index (χ0) is 14.5. The van der Waals surface area contributed by atoms with E-state index in [0.717, 1.165) is 12.8 Å². The topological polar surface area (TPSA) is 101 Å². The molecule has 2 saturated carbocycles. The Hall–Kier alpha value is -1.59. The summed E-state index contributed by atoms with van der Waals surface area (Å²) in [6.45, 7) is 0. The fourth-order valence-electron chi connectivity index (χ4n) is 2.97. The van der Waals surface area contributed by atoms with E-state index in [1.54, 1.807) is 0 Å². The lowest BCUT2D eigenvalue weighted by Gasteiger charge is -2.30. The lowest BCUT2D eigenvalue weighted by molar-refractivity contribution is -0.125. The van der Waals surface area contributed by atoms with Crippen molar-refractivity contribution in [1.29, 1.82) is 0 Å². The Morgan fingerprint density at radius 3 is 2.15 bits per heavy atom. The van der Waals surface area contributed by atoms with Gasteiger partial charge >= 0.3 is 6.03 Å². The Morgan fingerprint density at radius 2 is 1.65 bits per heavy atom. The molecule has 20 heavy (non-hydrogen) atoms. The number of rotatable bonds is 4. The number of primary amides is 1. The van der Waals surface area contributed by atoms with E-state index >= 15 is 0 Å². The molecular formula is C14H23N3O3. The van der Waals surface area contributed by atoms with E-state index in [4.69, 9.17) is 5.73 Å². The van der Waals surface area contributed by atoms with Gasteiger partial charge in [-0.2, -0.15) is 0 Å². The second-order valence-corrected chi connectivity index (χ2v) is 5.97. The first-order valence-corrected chi connectivity index (χ1v) is 7.44. The van der Waals surface area contributed by atoms with Crippen molar-refractivity contribution in [3.63, 3.8) is 0 Å². The molecule has 0 bridgehead atoms. The lowest BCUT2D eigenvalue weighted by atomic mass is 9.82. The smallest absolute Gasteiger partial charge is 0.318 e. The molecule has 2 fully saturated rings. The molecule has 2 aliphatic carbocycles. The Bertz CT molecular complexity index is 385. The van der Waals surface area contributed by atoms with Gasteiger partial charge in [0, 0.05) is 18.4 Å². The molecule has 0 aromatic heterocycles. The molecule has 0 saturated heterocycles. The Morgan fingerprint density at radius 1 is 1.00 bits per heavy atom. The third kappa shape index (κ3) is 4.21. The van der Waals surface area contributed by atoms with Gasteiger partial charge in [-0.25, -0.2) is 4.79 Å². The monoisotopic (exact) mass is 281 g/mol. The summed E-state index contributed by atoms with van der Waals surface area (Å²) in [6.07, 6.45) is 7.18. The van der Waals surface area contributed by atoms with Gasteiger partial charge in [-0.1, -0.05) is 6.42 Å². The van der Waals surface area contributed by atoms with Crippen molar-refractivity contribution in [2.75, 3.05) is 0 Å². The summed E-state index contributed by atoms with van der Waals surface area (Å²) < 4.78 is 0. The average molecular weight is 281 g/mol. The van der Waals surface area contributed by atoms with Crippen LogP contribution < -0.4 is 16.4 Å². The molecule has 0 aromatic rings. The third-order valence-electron chi connectivity index (χ3n) is 4.41. The van der Waals surface area contributed by atoms with Crippen LogP contribution in [-0.4, -0.2) is 23.9 Å². The van der Waals surface area contributed by atoms with Gasteiger partial charge in [0.25, 0.3) is 0 Å². The standard InChI is InChI=1S/C14H23N3O3/c15-14(20)17-13(19)10-4-6-11(7-5-10)16-12(18)8-9-2-1-3-9/h9-11H,1-8H2,(H,16,18)(H3,15,17,19,20). The van der Waals surface area contributed by atoms with E-state index in [9.17, 15) is 14.4 Å². The average Bonchev–Trinajstić information content (AvgIpc) is 2.34. The highest BCUT2D eigenvalue weighted by Crippen LogP contribution is 2.30. The summed E-state index contributed by atoms with van der Waals surface area (Å²) in [6, 6.07) is -0.633. The molecule has 2 aliphatic rings. The fourth-order valence-corrected chi connectivity index (χ4v) is 2.97. The number of urea groups is 1. The minimum atomic E-state index is -0.800. The molecule has 0 aliphatic heterocycles. The predicted octanol–water partition coefficient (Wildman–Crippen LogP) is 1.05. The Balaban J connectivity index is 1.66. The lowest BCUT2D eigenvalue weighted by Crippen LogP contribution is -2.43. The number of amides is 4. The number of nitrogens with two attached hydrogens (primary N) is 1. The van der Waals surface area contributed by atoms with Gasteiger partial charge in [0.05, 0.1) is 0 Å². The van der Waals surface area contributed by atoms with Crippen LogP contribution in [0.3, 0.4) is 0 Å². The zero-order valence-corrected chi connectivity index (χ0v) is 11.7. The van der Waals surface area contributed by atoms with Crippen molar-refractivity contribution in [1.82, 2.24) is 10.6 Å². The number of carbonyl (C=O) groups excluding carboxylic acids is 3. The van der Waals surface area contributed by atoms with Gasteiger partial charge in [-0.15, -0.1) is 0 Å². The maximum atomic E-state index is 11.8. The number of hydrogen-bond donors (Lipinski definition) is 3. The summed E-state index contributed by atoms with van der Waals surface area (Å²) >= 11 is 0. The van der Waals surface area contributed by atoms with E-state index in [0.29, 0.717) is 25.2 Å². The van der Waals surface area contributed by atoms with Gasteiger partial charge in [0.15, 0.2) is 0 Å². The van der Waals surface area contributed by atoms with Crippen LogP contribution in [0.4, 0.5) is 4.79 Å². The van der Waals surface area contributed by atoms with Crippen molar-refractivity contribution in [2.24, 2.45) is 17.6 Å². The molecule has 6 nitrogen and oxygen atoms in total. The minimum absolute atomic E-state index is 0.139. The summed E-state index contributed by atoms with van der Waals surface area (Å²) in [7, 11) is 0. The van der Waals surface area contributed by atoms with Crippen LogP contribution >= 0.6 is 0 Å². The normalized spacial score (nSPS) is 26.4. The highest BCUT2D eigenvalue weighted by Gasteiger charge is 2.28. The predicted molar refractivity (Wildman–Crippen MR) is 73.6 cm³/mol. The molecule has 112 valence electrons. The van der Waals surface area contributed by atoms with Crippen molar-refractivity contribution in [3.8, 4) is 0 Å². The van der Waals surface area contributed by atoms with Crippen molar-refractivity contribution >= 4 is 17.8 Å². The molecule has 0 atom stereocenters. The number of carbonyl (C=O) groups is 3. The quantitative estimate of drug-likeness (QED) is 0.717. The van der Waals surface area contributed by atoms with Crippen molar-refractivity contribution in [3.05, 3.63) is 0 Å². The first-order valence-electron chi connectivity index (χ1n) is 7.44. The van der Waals surface area contributed by atoms with E-state index < -0.39 is 6.03 Å². The molecular weight excluding hydrogens is 258 g/mol. The van der Waals surface area contributed by atoms with Gasteiger partial charge in [0.2, 0.25) is 11.8 Å². The van der Waals surface area contributed by atoms with Crippen LogP contribution in [-0.2, 0) is 9.59 Å². The molecule has 0 heterocycles. The largest absolute Gasteiger partial charge is 0.353 e. The van der Waals surface area contributed by atoms with E-state index in [-0.39, 0.29) is 23.8 Å². The third-order valence-corrected chi connectivity index (χ3v) is 4.41. The number of nitrogens with one attached hydrogen (secondary N) is 2. The minimum Gasteiger partial charge on any atom is -0.353 e. The van der Waals surface area contributed by atoms with Crippen LogP contribution in [0.5, 0.6) is 0 Å². The first-order chi connectivity index (χ1) is 9.54. The maximum Gasteiger partial charge on any atom is 0.318 e. The zero-order valence-electron chi connectivity index (χ0n) is 11.7. The summed E-state index contributed by atoms with van der Waals surface area (Å²) in [5.41, 5.74) is 4.93. The highest BCUT2D eigenvalue weighted by molar-refractivity contribution is 5.94. The maximum absolute atomic E-state index is 11.8. The van der Waals surface area contributed by atoms with E-state index in [2.05, 4.69) is 10.6 Å². The van der Waals surface area contributed by atoms with Gasteiger partial charge in [-0.3, -0.25) is 14.9 Å². The molecule has 0 unspecified atom stereocenters. The molecule has 4 amide bonds. The number of imide groups is 1. The van der Waals surface area contributed by atoms with Crippen LogP contribution in [0.15, 0.2) is 0 Å². The van der Waals surface area contributed by atoms with Gasteiger partial charge < -0.3 is 11.1 Å². The highest BCUT2D eigenvalue weighted by atomic mass is 16.2. The molecule has 6 heteroatoms. The number of hydrogen-bond acceptors (Lipinski definition) is 3. The Labute approximate surface area is 118 Å². The Kier molecular flexibility index (Phi) is 4.98. The molecule has 0 radical (unpaired) electrons.